The van der Waals surface area contributed by atoms with Crippen LogP contribution < -0.4 is 0 Å². The summed E-state index contributed by atoms with van der Waals surface area (Å²) < 4.78 is 16.0. The summed E-state index contributed by atoms with van der Waals surface area (Å²) in [6.45, 7) is 0. The fraction of sp³-hybridized carbons (Fsp3) is 0. The number of ketones is 1. The van der Waals surface area contributed by atoms with E-state index >= 15 is 0 Å². The second kappa shape index (κ2) is 3.07. The summed E-state index contributed by atoms with van der Waals surface area (Å²) in [6, 6.07) is 14.4. The Kier molecular flexibility index (Phi) is 1.64. The summed E-state index contributed by atoms with van der Waals surface area (Å²) in [7, 11) is 0. The first kappa shape index (κ1) is 9.59. The van der Waals surface area contributed by atoms with E-state index in [1.807, 2.05) is 24.3 Å². The molecule has 0 spiro atoms. The molecule has 1 aliphatic rings. The molecule has 0 bridgehead atoms. The van der Waals surface area contributed by atoms with Crippen LogP contribution in [0.25, 0.3) is 16.6 Å². The molecule has 0 N–H and O–H groups in total. The Labute approximate surface area is 102 Å². The van der Waals surface area contributed by atoms with Crippen molar-refractivity contribution in [2.45, 2.75) is 0 Å². The van der Waals surface area contributed by atoms with Crippen LogP contribution in [0.15, 0.2) is 48.5 Å². The van der Waals surface area contributed by atoms with E-state index in [1.54, 1.807) is 28.8 Å². The molecule has 2 aromatic carbocycles. The molecule has 2 nitrogen and oxygen atoms in total. The molecule has 2 heterocycles. The van der Waals surface area contributed by atoms with Crippen LogP contribution in [0.4, 0.5) is 4.39 Å². The smallest absolute Gasteiger partial charge is 0.214 e. The molecular formula is C15H8FNO. The van der Waals surface area contributed by atoms with Gasteiger partial charge in [-0.1, -0.05) is 24.3 Å². The maximum atomic E-state index is 14.3. The molecule has 0 atom stereocenters. The Bertz CT molecular complexity index is 816. The summed E-state index contributed by atoms with van der Waals surface area (Å²) in [5.41, 5.74) is 2.22. The van der Waals surface area contributed by atoms with Gasteiger partial charge in [-0.15, -0.1) is 0 Å². The molecule has 0 saturated heterocycles. The van der Waals surface area contributed by atoms with Crippen LogP contribution in [0.1, 0.15) is 16.1 Å². The predicted molar refractivity (Wildman–Crippen MR) is 66.7 cm³/mol. The molecule has 0 fully saturated rings. The van der Waals surface area contributed by atoms with Gasteiger partial charge in [0.2, 0.25) is 5.78 Å². The number of aromatic nitrogens is 1. The quantitative estimate of drug-likeness (QED) is 0.460. The van der Waals surface area contributed by atoms with Gasteiger partial charge in [0.05, 0.1) is 11.2 Å². The first-order chi connectivity index (χ1) is 8.79. The number of rotatable bonds is 0. The fourth-order valence-electron chi connectivity index (χ4n) is 2.64. The Morgan fingerprint density at radius 3 is 2.56 bits per heavy atom. The van der Waals surface area contributed by atoms with Crippen LogP contribution in [0.5, 0.6) is 0 Å². The highest BCUT2D eigenvalue weighted by atomic mass is 19.1. The Balaban J connectivity index is 2.26. The lowest BCUT2D eigenvalue weighted by Gasteiger charge is -2.02. The predicted octanol–water partition coefficient (Wildman–Crippen LogP) is 3.31. The molecule has 0 radical (unpaired) electrons. The van der Waals surface area contributed by atoms with Crippen molar-refractivity contribution in [3.05, 3.63) is 65.6 Å². The first-order valence-corrected chi connectivity index (χ1v) is 5.72. The van der Waals surface area contributed by atoms with E-state index in [1.165, 1.54) is 0 Å². The number of para-hydroxylation sites is 2. The van der Waals surface area contributed by atoms with E-state index in [0.717, 1.165) is 11.2 Å². The third-order valence-electron chi connectivity index (χ3n) is 3.42. The van der Waals surface area contributed by atoms with Gasteiger partial charge >= 0.3 is 0 Å². The van der Waals surface area contributed by atoms with E-state index in [2.05, 4.69) is 0 Å². The lowest BCUT2D eigenvalue weighted by molar-refractivity contribution is 0.103. The van der Waals surface area contributed by atoms with Gasteiger partial charge in [-0.25, -0.2) is 4.39 Å². The van der Waals surface area contributed by atoms with Crippen molar-refractivity contribution in [1.82, 2.24) is 4.57 Å². The molecule has 86 valence electrons. The topological polar surface area (TPSA) is 22.0 Å². The zero-order valence-electron chi connectivity index (χ0n) is 9.35. The summed E-state index contributed by atoms with van der Waals surface area (Å²) in [4.78, 5) is 12.2. The van der Waals surface area contributed by atoms with Crippen molar-refractivity contribution < 1.29 is 9.18 Å². The third kappa shape index (κ3) is 0.949. The van der Waals surface area contributed by atoms with Crippen molar-refractivity contribution in [2.24, 2.45) is 0 Å². The molecule has 0 unspecified atom stereocenters. The van der Waals surface area contributed by atoms with Crippen LogP contribution in [0.2, 0.25) is 0 Å². The second-order valence-corrected chi connectivity index (χ2v) is 4.36. The van der Waals surface area contributed by atoms with Crippen molar-refractivity contribution in [1.29, 1.82) is 0 Å². The number of fused-ring (bicyclic) bond motifs is 5. The number of nitrogens with zero attached hydrogens (tertiary/aromatic N) is 1. The minimum atomic E-state index is -0.424. The van der Waals surface area contributed by atoms with Crippen LogP contribution >= 0.6 is 0 Å². The Hall–Kier alpha value is -2.42. The molecule has 18 heavy (non-hydrogen) atoms. The zero-order chi connectivity index (χ0) is 12.3. The number of halogens is 1. The lowest BCUT2D eigenvalue weighted by Crippen LogP contribution is -1.98. The van der Waals surface area contributed by atoms with Gasteiger partial charge in [-0.3, -0.25) is 4.79 Å². The Morgan fingerprint density at radius 1 is 0.944 bits per heavy atom. The van der Waals surface area contributed by atoms with Gasteiger partial charge in [0.1, 0.15) is 5.69 Å². The molecule has 3 heteroatoms. The number of hydrogen-bond donors (Lipinski definition) is 0. The zero-order valence-corrected chi connectivity index (χ0v) is 9.35. The minimum absolute atomic E-state index is 0.150. The van der Waals surface area contributed by atoms with E-state index in [0.29, 0.717) is 10.9 Å². The van der Waals surface area contributed by atoms with E-state index in [-0.39, 0.29) is 11.5 Å². The lowest BCUT2D eigenvalue weighted by atomic mass is 10.1. The third-order valence-corrected chi connectivity index (χ3v) is 3.42. The van der Waals surface area contributed by atoms with Gasteiger partial charge in [0, 0.05) is 10.9 Å². The SMILES string of the molecule is O=C1c2ccccc2-n2c1c(F)c1ccccc12. The molecular weight excluding hydrogens is 229 g/mol. The summed E-state index contributed by atoms with van der Waals surface area (Å²) in [6.07, 6.45) is 0. The molecule has 0 amide bonds. The van der Waals surface area contributed by atoms with E-state index < -0.39 is 5.82 Å². The van der Waals surface area contributed by atoms with E-state index in [4.69, 9.17) is 0 Å². The van der Waals surface area contributed by atoms with Crippen molar-refractivity contribution in [3.63, 3.8) is 0 Å². The molecule has 4 rings (SSSR count). The fourth-order valence-corrected chi connectivity index (χ4v) is 2.64. The van der Waals surface area contributed by atoms with Crippen LogP contribution in [-0.2, 0) is 0 Å². The van der Waals surface area contributed by atoms with Gasteiger partial charge in [0.15, 0.2) is 5.82 Å². The van der Waals surface area contributed by atoms with Crippen LogP contribution in [0.3, 0.4) is 0 Å². The molecule has 0 aliphatic carbocycles. The highest BCUT2D eigenvalue weighted by Gasteiger charge is 2.32. The molecule has 1 aromatic heterocycles. The number of carbonyl (C=O) groups excluding carboxylic acids is 1. The molecule has 1 aliphatic heterocycles. The minimum Gasteiger partial charge on any atom is -0.303 e. The highest BCUT2D eigenvalue weighted by molar-refractivity contribution is 6.17. The van der Waals surface area contributed by atoms with E-state index in [9.17, 15) is 9.18 Å². The molecule has 0 saturated carbocycles. The first-order valence-electron chi connectivity index (χ1n) is 5.72. The van der Waals surface area contributed by atoms with Crippen LogP contribution in [0, 0.1) is 5.82 Å². The van der Waals surface area contributed by atoms with Crippen molar-refractivity contribution >= 4 is 16.7 Å². The van der Waals surface area contributed by atoms with Gasteiger partial charge in [0.25, 0.3) is 0 Å². The average Bonchev–Trinajstić information content (AvgIpc) is 2.87. The summed E-state index contributed by atoms with van der Waals surface area (Å²) in [5, 5.41) is 0.496. The van der Waals surface area contributed by atoms with Crippen LogP contribution in [-0.4, -0.2) is 10.4 Å². The molecule has 3 aromatic rings. The van der Waals surface area contributed by atoms with Gasteiger partial charge in [-0.05, 0) is 24.3 Å². The maximum Gasteiger partial charge on any atom is 0.214 e. The number of carbonyl (C=O) groups is 1. The van der Waals surface area contributed by atoms with Gasteiger partial charge in [-0.2, -0.15) is 0 Å². The number of benzene rings is 2. The largest absolute Gasteiger partial charge is 0.303 e. The highest BCUT2D eigenvalue weighted by Crippen LogP contribution is 2.36. The summed E-state index contributed by atoms with van der Waals surface area (Å²) in [5.74, 6) is -0.661. The second-order valence-electron chi connectivity index (χ2n) is 4.36. The number of hydrogen-bond acceptors (Lipinski definition) is 1. The average molecular weight is 237 g/mol. The normalized spacial score (nSPS) is 12.8. The van der Waals surface area contributed by atoms with Crippen molar-refractivity contribution in [2.75, 3.05) is 0 Å². The van der Waals surface area contributed by atoms with Crippen molar-refractivity contribution in [3.8, 4) is 5.69 Å². The van der Waals surface area contributed by atoms with Gasteiger partial charge < -0.3 is 4.57 Å². The summed E-state index contributed by atoms with van der Waals surface area (Å²) >= 11 is 0. The monoisotopic (exact) mass is 237 g/mol. The Morgan fingerprint density at radius 2 is 1.67 bits per heavy atom. The maximum absolute atomic E-state index is 14.3. The standard InChI is InChI=1S/C15H8FNO/c16-13-9-5-1-3-7-11(9)17-12-8-4-2-6-10(12)15(18)14(13)17/h1-8H.